The molecule has 2 rings (SSSR count). The molecule has 3 atom stereocenters. The molecule has 2 aliphatic carbocycles. The molecule has 1 N–H and O–H groups in total. The highest BCUT2D eigenvalue weighted by Gasteiger charge is 2.44. The van der Waals surface area contributed by atoms with Crippen molar-refractivity contribution in [3.8, 4) is 0 Å². The zero-order valence-electron chi connectivity index (χ0n) is 10.3. The normalized spacial score (nSPS) is 36.6. The number of hydrogen-bond donors (Lipinski definition) is 1. The number of aliphatic hydroxyl groups excluding tert-OH is 1. The first-order valence-corrected chi connectivity index (χ1v) is 6.74. The van der Waals surface area contributed by atoms with E-state index in [1.807, 2.05) is 0 Å². The fourth-order valence-electron chi connectivity index (χ4n) is 2.93. The molecule has 2 fully saturated rings. The lowest BCUT2D eigenvalue weighted by Gasteiger charge is -2.03. The Labute approximate surface area is 94.3 Å². The molecule has 0 heterocycles. The smallest absolute Gasteiger partial charge is 0.0462 e. The van der Waals surface area contributed by atoms with Gasteiger partial charge in [0.15, 0.2) is 0 Å². The summed E-state index contributed by atoms with van der Waals surface area (Å²) < 4.78 is 0. The maximum absolute atomic E-state index is 8.92. The monoisotopic (exact) mass is 210 g/mol. The predicted molar refractivity (Wildman–Crippen MR) is 63.7 cm³/mol. The topological polar surface area (TPSA) is 20.2 Å². The quantitative estimate of drug-likeness (QED) is 0.636. The van der Waals surface area contributed by atoms with Gasteiger partial charge >= 0.3 is 0 Å². The highest BCUT2D eigenvalue weighted by atomic mass is 16.3. The Morgan fingerprint density at radius 2 is 1.73 bits per heavy atom. The molecule has 2 aliphatic rings. The minimum atomic E-state index is 0.431. The van der Waals surface area contributed by atoms with E-state index in [2.05, 4.69) is 13.8 Å². The Kier molecular flexibility index (Phi) is 3.39. The summed E-state index contributed by atoms with van der Waals surface area (Å²) in [6, 6.07) is 0. The summed E-state index contributed by atoms with van der Waals surface area (Å²) in [5.74, 6) is 2.59. The Hall–Kier alpha value is -0.0400. The number of rotatable bonds is 7. The molecule has 0 aliphatic heterocycles. The van der Waals surface area contributed by atoms with Gasteiger partial charge in [0.25, 0.3) is 0 Å². The Morgan fingerprint density at radius 3 is 2.27 bits per heavy atom. The van der Waals surface area contributed by atoms with E-state index in [1.165, 1.54) is 44.9 Å². The van der Waals surface area contributed by atoms with Gasteiger partial charge in [0.1, 0.15) is 0 Å². The minimum absolute atomic E-state index is 0.431. The van der Waals surface area contributed by atoms with Gasteiger partial charge < -0.3 is 5.11 Å². The summed E-state index contributed by atoms with van der Waals surface area (Å²) in [5, 5.41) is 8.92. The Balaban J connectivity index is 1.40. The second-order valence-electron chi connectivity index (χ2n) is 6.47. The lowest BCUT2D eigenvalue weighted by Crippen LogP contribution is -1.91. The Morgan fingerprint density at radius 1 is 1.07 bits per heavy atom. The molecule has 0 aromatic heterocycles. The first kappa shape index (κ1) is 11.4. The van der Waals surface area contributed by atoms with Crippen molar-refractivity contribution in [3.05, 3.63) is 0 Å². The first-order valence-electron chi connectivity index (χ1n) is 6.74. The van der Waals surface area contributed by atoms with Crippen LogP contribution in [0.1, 0.15) is 58.8 Å². The van der Waals surface area contributed by atoms with Gasteiger partial charge in [0.2, 0.25) is 0 Å². The van der Waals surface area contributed by atoms with Gasteiger partial charge in [-0.15, -0.1) is 0 Å². The summed E-state index contributed by atoms with van der Waals surface area (Å²) in [5.41, 5.74) is 0.679. The van der Waals surface area contributed by atoms with Gasteiger partial charge in [0, 0.05) is 6.61 Å². The van der Waals surface area contributed by atoms with E-state index in [9.17, 15) is 0 Å². The molecule has 0 amide bonds. The lowest BCUT2D eigenvalue weighted by atomic mass is 10.0. The van der Waals surface area contributed by atoms with Crippen molar-refractivity contribution in [2.45, 2.75) is 58.8 Å². The fourth-order valence-corrected chi connectivity index (χ4v) is 2.93. The van der Waals surface area contributed by atoms with Crippen LogP contribution in [0.3, 0.4) is 0 Å². The molecule has 1 heteroatoms. The number of unbranched alkanes of at least 4 members (excludes halogenated alkanes) is 2. The first-order chi connectivity index (χ1) is 7.13. The summed E-state index contributed by atoms with van der Waals surface area (Å²) in [7, 11) is 0. The van der Waals surface area contributed by atoms with Crippen LogP contribution in [0.5, 0.6) is 0 Å². The molecule has 88 valence electrons. The Bertz CT molecular complexity index is 209. The lowest BCUT2D eigenvalue weighted by molar-refractivity contribution is 0.267. The van der Waals surface area contributed by atoms with Crippen LogP contribution in [0.2, 0.25) is 0 Å². The largest absolute Gasteiger partial charge is 0.396 e. The second-order valence-corrected chi connectivity index (χ2v) is 6.47. The molecular formula is C14H26O. The third kappa shape index (κ3) is 3.21. The zero-order chi connectivity index (χ0) is 10.9. The molecule has 0 bridgehead atoms. The predicted octanol–water partition coefficient (Wildman–Crippen LogP) is 3.61. The van der Waals surface area contributed by atoms with Gasteiger partial charge in [-0.3, -0.25) is 0 Å². The molecule has 3 unspecified atom stereocenters. The van der Waals surface area contributed by atoms with Crippen LogP contribution in [-0.4, -0.2) is 11.7 Å². The van der Waals surface area contributed by atoms with Crippen LogP contribution in [-0.2, 0) is 0 Å². The average Bonchev–Trinajstić information content (AvgIpc) is 3.05. The van der Waals surface area contributed by atoms with Crippen molar-refractivity contribution in [3.63, 3.8) is 0 Å². The van der Waals surface area contributed by atoms with Crippen LogP contribution in [0, 0.1) is 23.2 Å². The number of aliphatic hydroxyl groups is 1. The summed E-state index contributed by atoms with van der Waals surface area (Å²) >= 11 is 0. The average molecular weight is 210 g/mol. The van der Waals surface area contributed by atoms with Gasteiger partial charge in [0.05, 0.1) is 0 Å². The highest BCUT2D eigenvalue weighted by molar-refractivity contribution is 4.94. The number of hydrogen-bond acceptors (Lipinski definition) is 1. The molecule has 0 aromatic carbocycles. The molecule has 15 heavy (non-hydrogen) atoms. The zero-order valence-corrected chi connectivity index (χ0v) is 10.3. The van der Waals surface area contributed by atoms with Crippen LogP contribution in [0.15, 0.2) is 0 Å². The summed E-state index contributed by atoms with van der Waals surface area (Å²) in [6.45, 7) is 5.22. The molecule has 1 nitrogen and oxygen atoms in total. The van der Waals surface area contributed by atoms with E-state index in [0.717, 1.165) is 11.8 Å². The third-order valence-electron chi connectivity index (χ3n) is 4.65. The van der Waals surface area contributed by atoms with Crippen LogP contribution in [0.4, 0.5) is 0 Å². The molecule has 2 saturated carbocycles. The molecule has 0 spiro atoms. The van der Waals surface area contributed by atoms with E-state index >= 15 is 0 Å². The van der Waals surface area contributed by atoms with E-state index in [-0.39, 0.29) is 0 Å². The van der Waals surface area contributed by atoms with E-state index < -0.39 is 0 Å². The minimum Gasteiger partial charge on any atom is -0.396 e. The maximum atomic E-state index is 8.92. The van der Waals surface area contributed by atoms with Gasteiger partial charge in [-0.05, 0) is 42.4 Å². The van der Waals surface area contributed by atoms with Crippen molar-refractivity contribution >= 4 is 0 Å². The van der Waals surface area contributed by atoms with Crippen LogP contribution in [0.25, 0.3) is 0 Å². The second kappa shape index (κ2) is 4.45. The highest BCUT2D eigenvalue weighted by Crippen LogP contribution is 2.54. The molecular weight excluding hydrogens is 184 g/mol. The van der Waals surface area contributed by atoms with Crippen molar-refractivity contribution in [1.82, 2.24) is 0 Å². The van der Waals surface area contributed by atoms with Crippen molar-refractivity contribution < 1.29 is 5.11 Å². The van der Waals surface area contributed by atoms with Crippen LogP contribution < -0.4 is 0 Å². The maximum Gasteiger partial charge on any atom is 0.0462 e. The third-order valence-corrected chi connectivity index (χ3v) is 4.65. The molecule has 0 saturated heterocycles. The van der Waals surface area contributed by atoms with Crippen molar-refractivity contribution in [1.29, 1.82) is 0 Å². The van der Waals surface area contributed by atoms with E-state index in [0.29, 0.717) is 17.9 Å². The molecule has 0 radical (unpaired) electrons. The van der Waals surface area contributed by atoms with Gasteiger partial charge in [-0.1, -0.05) is 39.5 Å². The SMILES string of the molecule is CC1(C)CC1CCCCCC1CC1CO. The van der Waals surface area contributed by atoms with E-state index in [4.69, 9.17) is 5.11 Å². The van der Waals surface area contributed by atoms with Crippen molar-refractivity contribution in [2.75, 3.05) is 6.61 Å². The van der Waals surface area contributed by atoms with E-state index in [1.54, 1.807) is 0 Å². The summed E-state index contributed by atoms with van der Waals surface area (Å²) in [4.78, 5) is 0. The molecule has 0 aromatic rings. The van der Waals surface area contributed by atoms with Crippen molar-refractivity contribution in [2.24, 2.45) is 23.2 Å². The standard InChI is InChI=1S/C14H26O/c1-14(2)9-13(14)7-5-3-4-6-11-8-12(11)10-15/h11-13,15H,3-10H2,1-2H3. The summed E-state index contributed by atoms with van der Waals surface area (Å²) in [6.07, 6.45) is 9.84. The van der Waals surface area contributed by atoms with Gasteiger partial charge in [-0.25, -0.2) is 0 Å². The van der Waals surface area contributed by atoms with Crippen LogP contribution >= 0.6 is 0 Å². The fraction of sp³-hybridized carbons (Fsp3) is 1.00. The van der Waals surface area contributed by atoms with Gasteiger partial charge in [-0.2, -0.15) is 0 Å².